The summed E-state index contributed by atoms with van der Waals surface area (Å²) >= 11 is 0. The fraction of sp³-hybridized carbons (Fsp3) is 0.0667. The molecule has 0 radical (unpaired) electrons. The highest BCUT2D eigenvalue weighted by atomic mass is 16.3. The number of aryl methyl sites for hydroxylation is 1. The van der Waals surface area contributed by atoms with Crippen molar-refractivity contribution in [2.75, 3.05) is 0 Å². The first-order valence-corrected chi connectivity index (χ1v) is 5.71. The molecule has 3 heteroatoms. The highest BCUT2D eigenvalue weighted by Crippen LogP contribution is 2.19. The number of benzene rings is 2. The van der Waals surface area contributed by atoms with Gasteiger partial charge in [0.1, 0.15) is 5.52 Å². The van der Waals surface area contributed by atoms with Crippen LogP contribution < -0.4 is 0 Å². The van der Waals surface area contributed by atoms with Crippen LogP contribution in [0, 0.1) is 6.92 Å². The van der Waals surface area contributed by atoms with Crippen LogP contribution in [0.2, 0.25) is 0 Å². The summed E-state index contributed by atoms with van der Waals surface area (Å²) in [5.74, 6) is 0.598. The predicted octanol–water partition coefficient (Wildman–Crippen LogP) is 3.37. The zero-order chi connectivity index (χ0) is 12.5. The lowest BCUT2D eigenvalue weighted by molar-refractivity contribution is 0.103. The molecular formula is C15H11NO2. The van der Waals surface area contributed by atoms with E-state index in [-0.39, 0.29) is 5.78 Å². The molecule has 0 aliphatic heterocycles. The molecule has 0 saturated heterocycles. The molecule has 18 heavy (non-hydrogen) atoms. The fourth-order valence-corrected chi connectivity index (χ4v) is 1.94. The minimum Gasteiger partial charge on any atom is -0.441 e. The van der Waals surface area contributed by atoms with E-state index in [1.807, 2.05) is 24.3 Å². The number of nitrogens with zero attached hydrogens (tertiary/aromatic N) is 1. The lowest BCUT2D eigenvalue weighted by atomic mass is 10.0. The second-order valence-corrected chi connectivity index (χ2v) is 4.11. The number of hydrogen-bond donors (Lipinski definition) is 0. The summed E-state index contributed by atoms with van der Waals surface area (Å²) in [6, 6.07) is 14.5. The summed E-state index contributed by atoms with van der Waals surface area (Å²) in [4.78, 5) is 16.4. The third-order valence-electron chi connectivity index (χ3n) is 2.79. The van der Waals surface area contributed by atoms with Gasteiger partial charge in [-0.2, -0.15) is 0 Å². The van der Waals surface area contributed by atoms with Crippen LogP contribution in [0.25, 0.3) is 11.1 Å². The van der Waals surface area contributed by atoms with Crippen LogP contribution in [0.1, 0.15) is 21.8 Å². The van der Waals surface area contributed by atoms with Crippen LogP contribution >= 0.6 is 0 Å². The van der Waals surface area contributed by atoms with Gasteiger partial charge in [0.25, 0.3) is 0 Å². The number of fused-ring (bicyclic) bond motifs is 1. The molecule has 0 aliphatic carbocycles. The second kappa shape index (κ2) is 4.11. The van der Waals surface area contributed by atoms with Gasteiger partial charge >= 0.3 is 0 Å². The number of rotatable bonds is 2. The van der Waals surface area contributed by atoms with Gasteiger partial charge in [0.05, 0.1) is 0 Å². The van der Waals surface area contributed by atoms with Crippen LogP contribution in [0.3, 0.4) is 0 Å². The summed E-state index contributed by atoms with van der Waals surface area (Å²) in [5.41, 5.74) is 2.71. The first kappa shape index (κ1) is 10.7. The standard InChI is InChI=1S/C15H11NO2/c1-10-16-13-8-7-12(9-14(13)18-10)15(17)11-5-3-2-4-6-11/h2-9H,1H3. The van der Waals surface area contributed by atoms with Crippen LogP contribution in [0.4, 0.5) is 0 Å². The number of carbonyl (C=O) groups is 1. The molecule has 0 atom stereocenters. The smallest absolute Gasteiger partial charge is 0.193 e. The largest absolute Gasteiger partial charge is 0.441 e. The van der Waals surface area contributed by atoms with Gasteiger partial charge in [-0.05, 0) is 18.2 Å². The Bertz CT molecular complexity index is 714. The van der Waals surface area contributed by atoms with E-state index < -0.39 is 0 Å². The molecule has 0 bridgehead atoms. The Hall–Kier alpha value is -2.42. The van der Waals surface area contributed by atoms with Gasteiger partial charge in [-0.1, -0.05) is 30.3 Å². The van der Waals surface area contributed by atoms with Crippen molar-refractivity contribution in [1.29, 1.82) is 0 Å². The first-order valence-electron chi connectivity index (χ1n) is 5.71. The van der Waals surface area contributed by atoms with Gasteiger partial charge in [-0.25, -0.2) is 4.98 Å². The molecule has 0 amide bonds. The molecular weight excluding hydrogens is 226 g/mol. The Morgan fingerprint density at radius 3 is 2.61 bits per heavy atom. The summed E-state index contributed by atoms with van der Waals surface area (Å²) in [5, 5.41) is 0. The van der Waals surface area contributed by atoms with E-state index in [9.17, 15) is 4.79 Å². The van der Waals surface area contributed by atoms with Crippen LogP contribution in [-0.2, 0) is 0 Å². The van der Waals surface area contributed by atoms with Crippen molar-refractivity contribution in [2.45, 2.75) is 6.92 Å². The van der Waals surface area contributed by atoms with Crippen LogP contribution in [0.15, 0.2) is 52.9 Å². The van der Waals surface area contributed by atoms with Crippen LogP contribution in [-0.4, -0.2) is 10.8 Å². The lowest BCUT2D eigenvalue weighted by Crippen LogP contribution is -2.00. The van der Waals surface area contributed by atoms with E-state index in [2.05, 4.69) is 4.98 Å². The second-order valence-electron chi connectivity index (χ2n) is 4.11. The van der Waals surface area contributed by atoms with Gasteiger partial charge in [0, 0.05) is 18.1 Å². The van der Waals surface area contributed by atoms with Crippen molar-refractivity contribution in [1.82, 2.24) is 4.98 Å². The molecule has 88 valence electrons. The van der Waals surface area contributed by atoms with E-state index in [1.54, 1.807) is 31.2 Å². The zero-order valence-electron chi connectivity index (χ0n) is 9.88. The van der Waals surface area contributed by atoms with Gasteiger partial charge < -0.3 is 4.42 Å². The molecule has 0 spiro atoms. The molecule has 3 rings (SSSR count). The maximum atomic E-state index is 12.2. The molecule has 0 aliphatic rings. The fourth-order valence-electron chi connectivity index (χ4n) is 1.94. The zero-order valence-corrected chi connectivity index (χ0v) is 9.88. The monoisotopic (exact) mass is 237 g/mol. The average Bonchev–Trinajstić information content (AvgIpc) is 2.78. The summed E-state index contributed by atoms with van der Waals surface area (Å²) in [6.07, 6.45) is 0. The van der Waals surface area contributed by atoms with Crippen molar-refractivity contribution >= 4 is 16.9 Å². The van der Waals surface area contributed by atoms with Crippen molar-refractivity contribution in [3.05, 3.63) is 65.5 Å². The summed E-state index contributed by atoms with van der Waals surface area (Å²) < 4.78 is 5.43. The van der Waals surface area contributed by atoms with Gasteiger partial charge in [-0.15, -0.1) is 0 Å². The average molecular weight is 237 g/mol. The Kier molecular flexibility index (Phi) is 2.45. The quantitative estimate of drug-likeness (QED) is 0.642. The Labute approximate surface area is 104 Å². The van der Waals surface area contributed by atoms with Crippen molar-refractivity contribution in [2.24, 2.45) is 0 Å². The van der Waals surface area contributed by atoms with Gasteiger partial charge in [-0.3, -0.25) is 4.79 Å². The normalized spacial score (nSPS) is 10.7. The molecule has 3 aromatic rings. The van der Waals surface area contributed by atoms with Crippen LogP contribution in [0.5, 0.6) is 0 Å². The van der Waals surface area contributed by atoms with E-state index in [0.717, 1.165) is 5.52 Å². The van der Waals surface area contributed by atoms with E-state index >= 15 is 0 Å². The Morgan fingerprint density at radius 2 is 1.83 bits per heavy atom. The number of hydrogen-bond acceptors (Lipinski definition) is 3. The highest BCUT2D eigenvalue weighted by Gasteiger charge is 2.11. The maximum Gasteiger partial charge on any atom is 0.193 e. The minimum atomic E-state index is -0.00782. The molecule has 0 N–H and O–H groups in total. The number of aromatic nitrogens is 1. The van der Waals surface area contributed by atoms with Crippen molar-refractivity contribution in [3.8, 4) is 0 Å². The topological polar surface area (TPSA) is 43.1 Å². The Balaban J connectivity index is 2.06. The third-order valence-corrected chi connectivity index (χ3v) is 2.79. The third kappa shape index (κ3) is 1.80. The predicted molar refractivity (Wildman–Crippen MR) is 68.6 cm³/mol. The van der Waals surface area contributed by atoms with E-state index in [4.69, 9.17) is 4.42 Å². The molecule has 0 unspecified atom stereocenters. The molecule has 3 nitrogen and oxygen atoms in total. The maximum absolute atomic E-state index is 12.2. The molecule has 0 saturated carbocycles. The first-order chi connectivity index (χ1) is 8.74. The summed E-state index contributed by atoms with van der Waals surface area (Å²) in [7, 11) is 0. The van der Waals surface area contributed by atoms with Crippen molar-refractivity contribution in [3.63, 3.8) is 0 Å². The van der Waals surface area contributed by atoms with E-state index in [1.165, 1.54) is 0 Å². The number of carbonyl (C=O) groups excluding carboxylic acids is 1. The van der Waals surface area contributed by atoms with Gasteiger partial charge in [0.15, 0.2) is 17.3 Å². The molecule has 1 heterocycles. The van der Waals surface area contributed by atoms with Gasteiger partial charge in [0.2, 0.25) is 0 Å². The highest BCUT2D eigenvalue weighted by molar-refractivity contribution is 6.10. The Morgan fingerprint density at radius 1 is 1.06 bits per heavy atom. The summed E-state index contributed by atoms with van der Waals surface area (Å²) in [6.45, 7) is 1.79. The van der Waals surface area contributed by atoms with E-state index in [0.29, 0.717) is 22.6 Å². The number of ketones is 1. The minimum absolute atomic E-state index is 0.00782. The molecule has 0 fully saturated rings. The molecule has 1 aromatic heterocycles. The molecule has 2 aromatic carbocycles. The number of oxazole rings is 1. The lowest BCUT2D eigenvalue weighted by Gasteiger charge is -2.00. The van der Waals surface area contributed by atoms with Crippen molar-refractivity contribution < 1.29 is 9.21 Å². The SMILES string of the molecule is Cc1nc2ccc(C(=O)c3ccccc3)cc2o1.